The van der Waals surface area contributed by atoms with E-state index in [4.69, 9.17) is 10.6 Å². The topological polar surface area (TPSA) is 110 Å². The fourth-order valence-corrected chi connectivity index (χ4v) is 3.89. The summed E-state index contributed by atoms with van der Waals surface area (Å²) in [4.78, 5) is 31.7. The second kappa shape index (κ2) is 7.60. The number of nitrogens with two attached hydrogens (primary N) is 1. The van der Waals surface area contributed by atoms with Gasteiger partial charge in [-0.05, 0) is 45.7 Å². The number of hydrogen-bond acceptors (Lipinski definition) is 6. The van der Waals surface area contributed by atoms with Gasteiger partial charge in [0, 0.05) is 42.3 Å². The molecule has 0 bridgehead atoms. The van der Waals surface area contributed by atoms with Crippen LogP contribution in [0.5, 0.6) is 0 Å². The first-order valence-corrected chi connectivity index (χ1v) is 10.7. The summed E-state index contributed by atoms with van der Waals surface area (Å²) in [5.74, 6) is -1.92. The van der Waals surface area contributed by atoms with Crippen molar-refractivity contribution in [3.05, 3.63) is 51.8 Å². The quantitative estimate of drug-likeness (QED) is 0.587. The molecule has 32 heavy (non-hydrogen) atoms. The summed E-state index contributed by atoms with van der Waals surface area (Å²) in [6, 6.07) is 2.87. The monoisotopic (exact) mass is 444 g/mol. The number of carbonyl (C=O) groups is 1. The lowest BCUT2D eigenvalue weighted by Gasteiger charge is -2.29. The average molecular weight is 445 g/mol. The summed E-state index contributed by atoms with van der Waals surface area (Å²) >= 11 is 0. The van der Waals surface area contributed by atoms with E-state index in [2.05, 4.69) is 5.48 Å². The zero-order chi connectivity index (χ0) is 23.4. The highest BCUT2D eigenvalue weighted by molar-refractivity contribution is 5.93. The number of carboxylic acids is 1. The Morgan fingerprint density at radius 1 is 1.38 bits per heavy atom. The van der Waals surface area contributed by atoms with E-state index in [1.807, 2.05) is 27.7 Å². The summed E-state index contributed by atoms with van der Waals surface area (Å²) in [5.41, 5.74) is 8.63. The number of nitrogens with zero attached hydrogens (tertiary/aromatic N) is 2. The zero-order valence-corrected chi connectivity index (χ0v) is 18.7. The van der Waals surface area contributed by atoms with Gasteiger partial charge >= 0.3 is 5.97 Å². The highest BCUT2D eigenvalue weighted by Crippen LogP contribution is 2.40. The van der Waals surface area contributed by atoms with Gasteiger partial charge in [0.15, 0.2) is 0 Å². The summed E-state index contributed by atoms with van der Waals surface area (Å²) in [6.07, 6.45) is 4.92. The van der Waals surface area contributed by atoms with Gasteiger partial charge in [0.05, 0.1) is 22.5 Å². The molecule has 0 radical (unpaired) electrons. The molecule has 172 valence electrons. The fourth-order valence-electron chi connectivity index (χ4n) is 3.89. The molecular weight excluding hydrogens is 415 g/mol. The van der Waals surface area contributed by atoms with Crippen molar-refractivity contribution in [3.63, 3.8) is 0 Å². The summed E-state index contributed by atoms with van der Waals surface area (Å²) < 4.78 is 17.0. The highest BCUT2D eigenvalue weighted by atomic mass is 19.1. The van der Waals surface area contributed by atoms with Gasteiger partial charge in [0.25, 0.3) is 0 Å². The Balaban J connectivity index is 1.81. The van der Waals surface area contributed by atoms with Gasteiger partial charge in [0.2, 0.25) is 5.43 Å². The van der Waals surface area contributed by atoms with Crippen LogP contribution < -0.4 is 21.5 Å². The Labute approximate surface area is 185 Å². The van der Waals surface area contributed by atoms with E-state index in [1.54, 1.807) is 21.7 Å². The maximum Gasteiger partial charge on any atom is 0.341 e. The van der Waals surface area contributed by atoms with Gasteiger partial charge in [-0.3, -0.25) is 15.1 Å². The summed E-state index contributed by atoms with van der Waals surface area (Å²) in [7, 11) is 0. The van der Waals surface area contributed by atoms with Crippen molar-refractivity contribution in [1.82, 2.24) is 10.0 Å². The molecule has 8 nitrogen and oxygen atoms in total. The summed E-state index contributed by atoms with van der Waals surface area (Å²) in [5, 5.41) is 9.48. The molecule has 1 saturated carbocycles. The van der Waals surface area contributed by atoms with Crippen molar-refractivity contribution in [2.75, 3.05) is 18.0 Å². The Bertz CT molecular complexity index is 1180. The molecule has 4 rings (SSSR count). The van der Waals surface area contributed by atoms with Crippen LogP contribution in [0.2, 0.25) is 0 Å². The number of nitrogens with one attached hydrogen (secondary N) is 1. The standard InChI is InChI=1S/C23H29FN4O4/c1-22(2,3)32-26-19-10-27(12-23(19,4)11-25)18-8-17-14(7-16(18)24)20(29)15(21(30)31)9-28(17)13-5-6-13/h7-10,13,26H,5-6,11-12,25H2,1-4H3,(H,30,31). The molecule has 2 heterocycles. The molecule has 0 spiro atoms. The number of pyridine rings is 1. The van der Waals surface area contributed by atoms with Crippen LogP contribution in [0, 0.1) is 11.2 Å². The largest absolute Gasteiger partial charge is 0.477 e. The van der Waals surface area contributed by atoms with Gasteiger partial charge in [-0.1, -0.05) is 6.92 Å². The number of carboxylic acid groups (broad SMARTS) is 1. The molecule has 2 aromatic rings. The normalized spacial score (nSPS) is 21.2. The predicted molar refractivity (Wildman–Crippen MR) is 120 cm³/mol. The Hall–Kier alpha value is -2.91. The molecule has 1 unspecified atom stereocenters. The van der Waals surface area contributed by atoms with Crippen molar-refractivity contribution in [1.29, 1.82) is 0 Å². The number of hydrogen-bond donors (Lipinski definition) is 3. The van der Waals surface area contributed by atoms with E-state index in [-0.39, 0.29) is 17.0 Å². The number of anilines is 1. The Morgan fingerprint density at radius 3 is 2.62 bits per heavy atom. The molecule has 1 aromatic carbocycles. The first-order chi connectivity index (χ1) is 14.9. The molecular formula is C23H29FN4O4. The van der Waals surface area contributed by atoms with Crippen LogP contribution in [0.4, 0.5) is 10.1 Å². The minimum atomic E-state index is -1.31. The number of aromatic nitrogens is 1. The van der Waals surface area contributed by atoms with Gasteiger partial charge in [-0.2, -0.15) is 0 Å². The minimum absolute atomic E-state index is 0.0669. The number of rotatable bonds is 6. The zero-order valence-electron chi connectivity index (χ0n) is 18.7. The van der Waals surface area contributed by atoms with Crippen LogP contribution in [0.15, 0.2) is 35.0 Å². The Morgan fingerprint density at radius 2 is 2.06 bits per heavy atom. The first-order valence-electron chi connectivity index (χ1n) is 10.7. The van der Waals surface area contributed by atoms with Crippen LogP contribution in [-0.4, -0.2) is 34.3 Å². The highest BCUT2D eigenvalue weighted by Gasteiger charge is 2.38. The van der Waals surface area contributed by atoms with Crippen LogP contribution in [0.3, 0.4) is 0 Å². The molecule has 2 aliphatic rings. The first kappa shape index (κ1) is 22.3. The van der Waals surface area contributed by atoms with Crippen molar-refractivity contribution in [3.8, 4) is 0 Å². The molecule has 9 heteroatoms. The van der Waals surface area contributed by atoms with Gasteiger partial charge in [-0.25, -0.2) is 9.18 Å². The fraction of sp³-hybridized carbons (Fsp3) is 0.478. The van der Waals surface area contributed by atoms with Crippen LogP contribution in [0.1, 0.15) is 56.9 Å². The number of fused-ring (bicyclic) bond motifs is 1. The third kappa shape index (κ3) is 3.98. The third-order valence-electron chi connectivity index (χ3n) is 5.95. The molecule has 1 atom stereocenters. The van der Waals surface area contributed by atoms with Gasteiger partial charge in [-0.15, -0.1) is 0 Å². The number of benzene rings is 1. The van der Waals surface area contributed by atoms with Crippen LogP contribution in [0.25, 0.3) is 10.9 Å². The van der Waals surface area contributed by atoms with Crippen LogP contribution in [-0.2, 0) is 4.84 Å². The van der Waals surface area contributed by atoms with Crippen LogP contribution >= 0.6 is 0 Å². The summed E-state index contributed by atoms with van der Waals surface area (Å²) in [6.45, 7) is 8.45. The van der Waals surface area contributed by atoms with E-state index < -0.39 is 28.2 Å². The molecule has 4 N–H and O–H groups in total. The maximum atomic E-state index is 15.2. The van der Waals surface area contributed by atoms with E-state index in [1.165, 1.54) is 6.20 Å². The van der Waals surface area contributed by atoms with Gasteiger partial charge < -0.3 is 20.3 Å². The van der Waals surface area contributed by atoms with Gasteiger partial charge in [0.1, 0.15) is 11.4 Å². The lowest BCUT2D eigenvalue weighted by Crippen LogP contribution is -2.40. The molecule has 1 aromatic heterocycles. The number of aromatic carboxylic acids is 1. The molecule has 0 saturated heterocycles. The maximum absolute atomic E-state index is 15.2. The second-order valence-electron chi connectivity index (χ2n) is 9.89. The van der Waals surface area contributed by atoms with Crippen molar-refractivity contribution < 1.29 is 19.1 Å². The molecule has 0 amide bonds. The minimum Gasteiger partial charge on any atom is -0.477 e. The number of hydroxylamine groups is 1. The lowest BCUT2D eigenvalue weighted by molar-refractivity contribution is -0.0640. The van der Waals surface area contributed by atoms with E-state index >= 15 is 4.39 Å². The SMILES string of the molecule is CC(C)(C)ONC1=CN(c2cc3c(cc2F)c(=O)c(C(=O)O)cn3C2CC2)CC1(C)CN. The Kier molecular flexibility index (Phi) is 5.29. The smallest absolute Gasteiger partial charge is 0.341 e. The predicted octanol–water partition coefficient (Wildman–Crippen LogP) is 3.12. The van der Waals surface area contributed by atoms with Crippen molar-refractivity contribution in [2.45, 2.75) is 52.2 Å². The third-order valence-corrected chi connectivity index (χ3v) is 5.95. The molecule has 1 aliphatic heterocycles. The second-order valence-corrected chi connectivity index (χ2v) is 9.89. The van der Waals surface area contributed by atoms with Crippen molar-refractivity contribution in [2.24, 2.45) is 11.1 Å². The van der Waals surface area contributed by atoms with E-state index in [9.17, 15) is 14.7 Å². The molecule has 1 fully saturated rings. The van der Waals surface area contributed by atoms with Crippen molar-refractivity contribution >= 4 is 22.6 Å². The lowest BCUT2D eigenvalue weighted by atomic mass is 9.89. The van der Waals surface area contributed by atoms with E-state index in [0.717, 1.165) is 24.6 Å². The average Bonchev–Trinajstić information content (AvgIpc) is 3.49. The number of halogens is 1. The van der Waals surface area contributed by atoms with E-state index in [0.29, 0.717) is 24.3 Å². The molecule has 1 aliphatic carbocycles.